The highest BCUT2D eigenvalue weighted by molar-refractivity contribution is 6.00. The van der Waals surface area contributed by atoms with E-state index < -0.39 is 0 Å². The summed E-state index contributed by atoms with van der Waals surface area (Å²) in [6.07, 6.45) is 7.30. The second kappa shape index (κ2) is 11.2. The average Bonchev–Trinajstić information content (AvgIpc) is 2.99. The first-order chi connectivity index (χ1) is 19.6. The molecule has 0 amide bonds. The van der Waals surface area contributed by atoms with Crippen molar-refractivity contribution in [2.75, 3.05) is 30.4 Å². The van der Waals surface area contributed by atoms with Crippen molar-refractivity contribution in [1.82, 2.24) is 25.3 Å². The Kier molecular flexibility index (Phi) is 7.20. The van der Waals surface area contributed by atoms with E-state index in [-0.39, 0.29) is 11.9 Å². The number of pyridine rings is 2. The van der Waals surface area contributed by atoms with E-state index >= 15 is 4.39 Å². The summed E-state index contributed by atoms with van der Waals surface area (Å²) in [5, 5.41) is 8.32. The number of halogens is 1. The van der Waals surface area contributed by atoms with Crippen molar-refractivity contribution >= 4 is 28.2 Å². The predicted octanol–water partition coefficient (Wildman–Crippen LogP) is 6.26. The van der Waals surface area contributed by atoms with Gasteiger partial charge in [0.05, 0.1) is 16.9 Å². The highest BCUT2D eigenvalue weighted by Gasteiger charge is 2.20. The van der Waals surface area contributed by atoms with Gasteiger partial charge in [-0.1, -0.05) is 18.2 Å². The lowest BCUT2D eigenvalue weighted by atomic mass is 10.0. The van der Waals surface area contributed by atoms with Crippen LogP contribution in [-0.4, -0.2) is 46.1 Å². The molecule has 1 saturated heterocycles. The monoisotopic (exact) mass is 535 g/mol. The Morgan fingerprint density at radius 2 is 1.82 bits per heavy atom. The van der Waals surface area contributed by atoms with Crippen molar-refractivity contribution in [3.8, 4) is 22.9 Å². The Hall–Kier alpha value is -4.63. The minimum atomic E-state index is -0.344. The van der Waals surface area contributed by atoms with E-state index in [2.05, 4.69) is 25.6 Å². The summed E-state index contributed by atoms with van der Waals surface area (Å²) in [5.41, 5.74) is 2.76. The Bertz CT molecular complexity index is 1640. The molecule has 0 spiro atoms. The van der Waals surface area contributed by atoms with E-state index in [9.17, 15) is 0 Å². The van der Waals surface area contributed by atoms with Gasteiger partial charge in [-0.2, -0.15) is 0 Å². The third kappa shape index (κ3) is 5.15. The summed E-state index contributed by atoms with van der Waals surface area (Å²) >= 11 is 0. The molecule has 0 bridgehead atoms. The zero-order chi connectivity index (χ0) is 27.5. The van der Waals surface area contributed by atoms with Gasteiger partial charge in [0, 0.05) is 49.0 Å². The molecule has 4 heterocycles. The number of aryl methyl sites for hydroxylation is 1. The number of anilines is 3. The fourth-order valence-electron chi connectivity index (χ4n) is 5.09. The van der Waals surface area contributed by atoms with Crippen LogP contribution in [0.15, 0.2) is 79.3 Å². The van der Waals surface area contributed by atoms with Crippen LogP contribution in [0.5, 0.6) is 11.6 Å². The van der Waals surface area contributed by atoms with Crippen molar-refractivity contribution in [2.24, 2.45) is 0 Å². The van der Waals surface area contributed by atoms with Crippen LogP contribution < -0.4 is 20.3 Å². The first kappa shape index (κ1) is 25.6. The summed E-state index contributed by atoms with van der Waals surface area (Å²) in [6.45, 7) is 3.89. The lowest BCUT2D eigenvalue weighted by molar-refractivity contribution is 0.466. The fraction of sp³-hybridized carbons (Fsp3) is 0.226. The van der Waals surface area contributed by atoms with Crippen molar-refractivity contribution in [3.05, 3.63) is 90.6 Å². The molecule has 1 aliphatic heterocycles. The number of piperidine rings is 1. The second-order valence-electron chi connectivity index (χ2n) is 9.86. The number of nitrogens with zero attached hydrogens (tertiary/aromatic N) is 5. The van der Waals surface area contributed by atoms with Crippen LogP contribution in [0, 0.1) is 12.7 Å². The molecule has 2 N–H and O–H groups in total. The van der Waals surface area contributed by atoms with Gasteiger partial charge < -0.3 is 20.3 Å². The van der Waals surface area contributed by atoms with Gasteiger partial charge in [-0.25, -0.2) is 24.3 Å². The smallest absolute Gasteiger partial charge is 0.228 e. The second-order valence-corrected chi connectivity index (χ2v) is 9.86. The number of hydrogen-bond donors (Lipinski definition) is 2. The van der Waals surface area contributed by atoms with Crippen LogP contribution in [0.25, 0.3) is 22.0 Å². The van der Waals surface area contributed by atoms with Gasteiger partial charge in [-0.15, -0.1) is 0 Å². The number of ether oxygens (including phenoxy) is 1. The van der Waals surface area contributed by atoms with E-state index in [4.69, 9.17) is 9.72 Å². The number of hydrogen-bond acceptors (Lipinski definition) is 8. The Labute approximate surface area is 232 Å². The lowest BCUT2D eigenvalue weighted by Gasteiger charge is -2.23. The summed E-state index contributed by atoms with van der Waals surface area (Å²) in [4.78, 5) is 19.9. The van der Waals surface area contributed by atoms with Crippen molar-refractivity contribution < 1.29 is 9.13 Å². The Morgan fingerprint density at radius 1 is 0.950 bits per heavy atom. The highest BCUT2D eigenvalue weighted by atomic mass is 19.1. The maximum absolute atomic E-state index is 15.3. The van der Waals surface area contributed by atoms with Gasteiger partial charge >= 0.3 is 0 Å². The number of nitrogens with one attached hydrogen (secondary N) is 2. The summed E-state index contributed by atoms with van der Waals surface area (Å²) < 4.78 is 21.8. The topological polar surface area (TPSA) is 88.1 Å². The molecule has 8 nitrogen and oxygen atoms in total. The third-order valence-electron chi connectivity index (χ3n) is 7.13. The minimum Gasteiger partial charge on any atom is -0.437 e. The molecule has 1 fully saturated rings. The van der Waals surface area contributed by atoms with Crippen molar-refractivity contribution in [1.29, 1.82) is 0 Å². The van der Waals surface area contributed by atoms with Crippen LogP contribution in [-0.2, 0) is 0 Å². The minimum absolute atomic E-state index is 0.283. The molecule has 1 aliphatic rings. The van der Waals surface area contributed by atoms with Crippen molar-refractivity contribution in [3.63, 3.8) is 0 Å². The molecule has 9 heteroatoms. The lowest BCUT2D eigenvalue weighted by Crippen LogP contribution is -2.38. The largest absolute Gasteiger partial charge is 0.437 e. The Balaban J connectivity index is 1.37. The maximum Gasteiger partial charge on any atom is 0.228 e. The summed E-state index contributed by atoms with van der Waals surface area (Å²) in [7, 11) is 1.81. The third-order valence-corrected chi connectivity index (χ3v) is 7.13. The normalized spacial score (nSPS) is 15.1. The van der Waals surface area contributed by atoms with Crippen LogP contribution in [0.4, 0.5) is 21.8 Å². The molecule has 0 saturated carbocycles. The number of benzene rings is 2. The molecule has 6 rings (SSSR count). The molecule has 5 aromatic rings. The SMILES string of the molecule is Cc1ccc2c(N(C)c3ccccn3)c(F)ccc2c1Oc1ncccc1-c1ccnc(N[C@H]2CCCNC2)n1. The molecule has 3 aromatic heterocycles. The molecule has 40 heavy (non-hydrogen) atoms. The van der Waals surface area contributed by atoms with E-state index in [1.165, 1.54) is 6.07 Å². The van der Waals surface area contributed by atoms with Gasteiger partial charge in [-0.3, -0.25) is 0 Å². The molecule has 0 radical (unpaired) electrons. The molecule has 0 unspecified atom stereocenters. The van der Waals surface area contributed by atoms with Gasteiger partial charge in [0.1, 0.15) is 17.4 Å². The summed E-state index contributed by atoms with van der Waals surface area (Å²) in [5.74, 6) is 1.88. The number of rotatable bonds is 7. The van der Waals surface area contributed by atoms with Crippen LogP contribution in [0.2, 0.25) is 0 Å². The number of fused-ring (bicyclic) bond motifs is 1. The highest BCUT2D eigenvalue weighted by Crippen LogP contribution is 2.41. The maximum atomic E-state index is 15.3. The van der Waals surface area contributed by atoms with Gasteiger partial charge in [-0.05, 0) is 74.3 Å². The van der Waals surface area contributed by atoms with Crippen molar-refractivity contribution in [2.45, 2.75) is 25.8 Å². The molecule has 202 valence electrons. The molecule has 2 aromatic carbocycles. The van der Waals surface area contributed by atoms with E-state index in [1.807, 2.05) is 62.5 Å². The zero-order valence-electron chi connectivity index (χ0n) is 22.4. The summed E-state index contributed by atoms with van der Waals surface area (Å²) in [6, 6.07) is 18.5. The van der Waals surface area contributed by atoms with E-state index in [0.29, 0.717) is 40.2 Å². The first-order valence-electron chi connectivity index (χ1n) is 13.4. The van der Waals surface area contributed by atoms with Crippen LogP contribution in [0.3, 0.4) is 0 Å². The van der Waals surface area contributed by atoms with Gasteiger partial charge in [0.25, 0.3) is 0 Å². The number of aromatic nitrogens is 4. The zero-order valence-corrected chi connectivity index (χ0v) is 22.4. The molecular formula is C31H30FN7O. The van der Waals surface area contributed by atoms with E-state index in [1.54, 1.807) is 29.6 Å². The van der Waals surface area contributed by atoms with E-state index in [0.717, 1.165) is 42.4 Å². The predicted molar refractivity (Wildman–Crippen MR) is 156 cm³/mol. The van der Waals surface area contributed by atoms with Crippen LogP contribution >= 0.6 is 0 Å². The Morgan fingerprint density at radius 3 is 2.65 bits per heavy atom. The molecule has 1 atom stereocenters. The standard InChI is InChI=1S/C31H30FN7O/c1-20-10-11-22-23(12-13-25(32)28(22)39(2)27-9-3-4-16-34-27)29(20)40-30-24(8-6-17-35-30)26-14-18-36-31(38-26)37-21-7-5-15-33-19-21/h3-4,6,8-14,16-18,21,33H,5,7,15,19H2,1-2H3,(H,36,37,38)/t21-/m0/s1. The van der Waals surface area contributed by atoms with Gasteiger partial charge in [0.15, 0.2) is 0 Å². The fourth-order valence-corrected chi connectivity index (χ4v) is 5.09. The van der Waals surface area contributed by atoms with Gasteiger partial charge in [0.2, 0.25) is 11.8 Å². The average molecular weight is 536 g/mol. The molecular weight excluding hydrogens is 505 g/mol. The first-order valence-corrected chi connectivity index (χ1v) is 13.4. The van der Waals surface area contributed by atoms with Crippen LogP contribution in [0.1, 0.15) is 18.4 Å². The quantitative estimate of drug-likeness (QED) is 0.253. The molecule has 0 aliphatic carbocycles.